The zero-order chi connectivity index (χ0) is 13.4. The van der Waals surface area contributed by atoms with Crippen molar-refractivity contribution < 1.29 is 40.5 Å². The minimum absolute atomic E-state index is 0.0159. The van der Waals surface area contributed by atoms with Crippen LogP contribution < -0.4 is 25.0 Å². The Bertz CT molecular complexity index is 466. The first kappa shape index (κ1) is 12.4. The minimum atomic E-state index is -0.312. The summed E-state index contributed by atoms with van der Waals surface area (Å²) in [6.45, 7) is 3.92. The average molecular weight is 378 g/mol. The van der Waals surface area contributed by atoms with Crippen molar-refractivity contribution in [1.29, 1.82) is 0 Å². The Morgan fingerprint density at radius 3 is 3.05 bits per heavy atom. The van der Waals surface area contributed by atoms with E-state index in [1.165, 1.54) is 0 Å². The fraction of sp³-hybridized carbons (Fsp3) is 0.846. The number of rotatable bonds is 3. The van der Waals surface area contributed by atoms with Crippen molar-refractivity contribution in [3.05, 3.63) is 0 Å². The van der Waals surface area contributed by atoms with Crippen molar-refractivity contribution in [2.45, 2.75) is 42.9 Å². The van der Waals surface area contributed by atoms with Crippen LogP contribution in [0.15, 0.2) is 0 Å². The van der Waals surface area contributed by atoms with Gasteiger partial charge in [0.25, 0.3) is 0 Å². The molecule has 2 aliphatic carbocycles. The van der Waals surface area contributed by atoms with E-state index in [2.05, 4.69) is 3.53 Å². The monoisotopic (exact) mass is 378 g/mol. The van der Waals surface area contributed by atoms with E-state index in [4.69, 9.17) is 9.47 Å². The van der Waals surface area contributed by atoms with Gasteiger partial charge in [-0.05, 0) is 0 Å². The number of carbonyl (C=O) groups is 2. The second-order valence-electron chi connectivity index (χ2n) is 6.40. The molecule has 2 saturated heterocycles. The molecule has 6 heteroatoms. The van der Waals surface area contributed by atoms with E-state index in [0.29, 0.717) is 9.97 Å². The third-order valence-electron chi connectivity index (χ3n) is 5.25. The molecule has 7 atom stereocenters. The number of carbonyl (C=O) groups excluding carboxylic acids is 2. The van der Waals surface area contributed by atoms with Gasteiger partial charge in [0.2, 0.25) is 0 Å². The summed E-state index contributed by atoms with van der Waals surface area (Å²) in [6.07, 6.45) is 1.40. The zero-order valence-electron chi connectivity index (χ0n) is 10.9. The van der Waals surface area contributed by atoms with Crippen molar-refractivity contribution in [1.82, 2.24) is 3.53 Å². The molecule has 2 bridgehead atoms. The van der Waals surface area contributed by atoms with Gasteiger partial charge in [-0.2, -0.15) is 0 Å². The van der Waals surface area contributed by atoms with Crippen molar-refractivity contribution in [2.75, 3.05) is 0 Å². The van der Waals surface area contributed by atoms with Crippen molar-refractivity contribution in [3.8, 4) is 0 Å². The molecule has 0 spiro atoms. The van der Waals surface area contributed by atoms with Gasteiger partial charge < -0.3 is 0 Å². The molecule has 2 heterocycles. The third-order valence-corrected chi connectivity index (χ3v) is 7.67. The van der Waals surface area contributed by atoms with Crippen molar-refractivity contribution in [2.24, 2.45) is 23.2 Å². The Balaban J connectivity index is 1.49. The van der Waals surface area contributed by atoms with Gasteiger partial charge in [0.1, 0.15) is 0 Å². The second kappa shape index (κ2) is 3.84. The van der Waals surface area contributed by atoms with Crippen molar-refractivity contribution in [3.63, 3.8) is 0 Å². The van der Waals surface area contributed by atoms with Crippen molar-refractivity contribution >= 4 is 11.9 Å². The van der Waals surface area contributed by atoms with Crippen LogP contribution in [0.5, 0.6) is 0 Å². The quantitative estimate of drug-likeness (QED) is 0.146. The van der Waals surface area contributed by atoms with Gasteiger partial charge in [-0.25, -0.2) is 0 Å². The summed E-state index contributed by atoms with van der Waals surface area (Å²) < 4.78 is 14.8. The van der Waals surface area contributed by atoms with Gasteiger partial charge in [-0.1, -0.05) is 0 Å². The second-order valence-corrected chi connectivity index (χ2v) is 8.99. The molecular formula is C13H17INO4-. The van der Waals surface area contributed by atoms with Crippen LogP contribution in [0.3, 0.4) is 0 Å². The van der Waals surface area contributed by atoms with Gasteiger partial charge in [-0.3, -0.25) is 0 Å². The number of esters is 2. The van der Waals surface area contributed by atoms with E-state index >= 15 is 0 Å². The molecular weight excluding hydrogens is 361 g/mol. The first-order valence-electron chi connectivity index (χ1n) is 6.80. The van der Waals surface area contributed by atoms with Crippen LogP contribution in [0.25, 0.3) is 0 Å². The molecule has 5 nitrogen and oxygen atoms in total. The molecule has 4 rings (SSSR count). The summed E-state index contributed by atoms with van der Waals surface area (Å²) in [7, 11) is 0. The number of halogens is 1. The summed E-state index contributed by atoms with van der Waals surface area (Å²) in [5.41, 5.74) is -0.312. The van der Waals surface area contributed by atoms with E-state index in [1.807, 2.05) is 13.8 Å². The molecule has 2 saturated carbocycles. The van der Waals surface area contributed by atoms with E-state index in [-0.39, 0.29) is 62.9 Å². The Morgan fingerprint density at radius 1 is 1.63 bits per heavy atom. The summed E-state index contributed by atoms with van der Waals surface area (Å²) in [6, 6.07) is 0. The SMILES string of the molecule is CC(C(=O)OC1C2CC3C1OC(=O)[C@]3(C)C2)C1N[I-]1. The number of alkyl halides is 1. The van der Waals surface area contributed by atoms with Gasteiger partial charge in [0.05, 0.1) is 0 Å². The van der Waals surface area contributed by atoms with Crippen LogP contribution in [0.1, 0.15) is 26.7 Å². The molecule has 19 heavy (non-hydrogen) atoms. The van der Waals surface area contributed by atoms with Gasteiger partial charge in [0, 0.05) is 0 Å². The number of fused-ring (bicyclic) bond motifs is 1. The van der Waals surface area contributed by atoms with Crippen LogP contribution in [0, 0.1) is 23.2 Å². The molecule has 0 amide bonds. The first-order chi connectivity index (χ1) is 9.00. The maximum absolute atomic E-state index is 12.1. The fourth-order valence-electron chi connectivity index (χ4n) is 4.00. The maximum atomic E-state index is 12.1. The first-order valence-corrected chi connectivity index (χ1v) is 9.12. The molecule has 0 radical (unpaired) electrons. The zero-order valence-corrected chi connectivity index (χ0v) is 13.0. The summed E-state index contributed by atoms with van der Waals surface area (Å²) >= 11 is 0.0159. The molecule has 0 aromatic rings. The Hall–Kier alpha value is -0.370. The van der Waals surface area contributed by atoms with E-state index in [0.717, 1.165) is 12.8 Å². The fourth-order valence-corrected chi connectivity index (χ4v) is 5.58. The average Bonchev–Trinajstić information content (AvgIpc) is 3.05. The summed E-state index contributed by atoms with van der Waals surface area (Å²) in [5, 5.41) is 0. The van der Waals surface area contributed by atoms with Crippen LogP contribution in [0.2, 0.25) is 0 Å². The Kier molecular flexibility index (Phi) is 2.50. The molecule has 0 aromatic heterocycles. The molecule has 0 aromatic carbocycles. The number of hydrogen-bond donors (Lipinski definition) is 1. The van der Waals surface area contributed by atoms with E-state index < -0.39 is 0 Å². The molecule has 2 aliphatic heterocycles. The van der Waals surface area contributed by atoms with Crippen LogP contribution in [-0.2, 0) is 19.1 Å². The Morgan fingerprint density at radius 2 is 2.37 bits per heavy atom. The molecule has 4 fully saturated rings. The van der Waals surface area contributed by atoms with Gasteiger partial charge in [-0.15, -0.1) is 0 Å². The predicted octanol–water partition coefficient (Wildman–Crippen LogP) is -2.56. The summed E-state index contributed by atoms with van der Waals surface area (Å²) in [4.78, 5) is 24.0. The summed E-state index contributed by atoms with van der Waals surface area (Å²) in [5.74, 6) is 0.285. The molecule has 106 valence electrons. The number of hydrogen-bond acceptors (Lipinski definition) is 5. The normalized spacial score (nSPS) is 51.5. The molecule has 1 N–H and O–H groups in total. The van der Waals surface area contributed by atoms with Gasteiger partial charge in [0.15, 0.2) is 0 Å². The standard InChI is InChI=1S/C13H17INO4/c1-5(10-14-15-10)11(16)18-8-6-3-7-9(8)19-12(17)13(7,2)4-6/h5-10,15H,3-4H2,1-2H3/q-1/t5?,6?,7?,8?,9?,10?,13-/m1/s1. The third kappa shape index (κ3) is 1.62. The number of ether oxygens (including phenoxy) is 2. The Labute approximate surface area is 122 Å². The van der Waals surface area contributed by atoms with Crippen LogP contribution in [0.4, 0.5) is 0 Å². The molecule has 4 aliphatic rings. The predicted molar refractivity (Wildman–Crippen MR) is 60.2 cm³/mol. The number of nitrogens with one attached hydrogen (secondary N) is 1. The topological polar surface area (TPSA) is 74.5 Å². The van der Waals surface area contributed by atoms with Crippen LogP contribution >= 0.6 is 0 Å². The van der Waals surface area contributed by atoms with Crippen LogP contribution in [-0.4, -0.2) is 28.2 Å². The van der Waals surface area contributed by atoms with E-state index in [9.17, 15) is 9.59 Å². The van der Waals surface area contributed by atoms with Gasteiger partial charge >= 0.3 is 122 Å². The van der Waals surface area contributed by atoms with E-state index in [1.54, 1.807) is 0 Å². The molecule has 6 unspecified atom stereocenters.